The summed E-state index contributed by atoms with van der Waals surface area (Å²) in [5, 5.41) is 50.5. The number of nitrogens with zero attached hydrogens (tertiary/aromatic N) is 5. The molecule has 10 rings (SSSR count). The number of aliphatic imine (C=N–C) groups is 2. The molecule has 0 spiro atoms. The van der Waals surface area contributed by atoms with E-state index in [2.05, 4.69) is 50.9 Å². The number of hydrogen-bond donors (Lipinski definition) is 7. The van der Waals surface area contributed by atoms with Crippen LogP contribution in [0.25, 0.3) is 66.8 Å². The molecule has 3 heterocycles. The number of aromatic hydroxyl groups is 1. The standard InChI is InChI=1S/C55H40Cl2N4O12.C8H17N3.C4H5NO2.H2O/c1-60(2)29-10-14-34-42(20-29)72-43-21-30(61(3)4)11-15-35(43)46(34)47-40(56)23-38(49(57)48(47)55(70)71)52(65)58-24-26-5-7-27(8-6-26)51(64)59-25-39-41(63)18-17-36-45(33-16-12-31(62)22-44(33)73-50(36)39)32-13-9-28(53(66)67)19-37(32)54(68)69;1-4-9-8-10-6-5-7-11(2)3;6-3-1-2-4(7)5-3;/h5-23H,24-25H2,1-4H3,(H5-,58,59,62,63,64,65,66,67,68,69,70,71);4-7H2,1-3H3;1-2H2,(H,5,6,7);1H2/p+1. The molecule has 476 valence electrons. The van der Waals surface area contributed by atoms with E-state index in [0.717, 1.165) is 43.2 Å². The maximum absolute atomic E-state index is 13.8. The number of nitrogens with one attached hydrogen (secondary N) is 3. The molecule has 4 amide bonds. The molecule has 0 unspecified atom stereocenters. The fourth-order valence-electron chi connectivity index (χ4n) is 9.91. The topological polar surface area (TPSA) is 346 Å². The molecule has 2 aliphatic carbocycles. The summed E-state index contributed by atoms with van der Waals surface area (Å²) in [6.07, 6.45) is 1.83. The lowest BCUT2D eigenvalue weighted by atomic mass is 9.89. The first-order chi connectivity index (χ1) is 43.4. The van der Waals surface area contributed by atoms with E-state index in [9.17, 15) is 58.8 Å². The van der Waals surface area contributed by atoms with Crippen molar-refractivity contribution in [1.29, 1.82) is 0 Å². The van der Waals surface area contributed by atoms with Crippen molar-refractivity contribution in [2.45, 2.75) is 39.3 Å². The highest BCUT2D eigenvalue weighted by Crippen LogP contribution is 2.48. The molecule has 23 nitrogen and oxygen atoms in total. The summed E-state index contributed by atoms with van der Waals surface area (Å²) in [5.41, 5.74) is 2.47. The second-order valence-electron chi connectivity index (χ2n) is 21.5. The molecule has 0 aromatic heterocycles. The van der Waals surface area contributed by atoms with Crippen LogP contribution in [-0.4, -0.2) is 140 Å². The molecule has 0 radical (unpaired) electrons. The Balaban J connectivity index is 0.000000547. The van der Waals surface area contributed by atoms with Crippen LogP contribution in [0.4, 0.5) is 5.69 Å². The molecule has 92 heavy (non-hydrogen) atoms. The van der Waals surface area contributed by atoms with Crippen LogP contribution in [0, 0.1) is 0 Å². The number of aromatic carboxylic acids is 3. The summed E-state index contributed by atoms with van der Waals surface area (Å²) in [6.45, 7) is 4.31. The SMILES string of the molecule is CCN=C=NCCCN(C)C.CN(C)c1ccc2c(-c3c(Cl)cc(C(=O)NCc4ccc(C(=O)NCc5c(O)ccc6c(-c7ccc(C(=O)O)cc7C(=O)O)c7ccc(=O)cc-7oc56)cc4)c(Cl)c3C(=O)O)c3ccc(=[N+](C)C)cc-3oc2c1.O.O=C1CCC(=O)N1. The van der Waals surface area contributed by atoms with Crippen molar-refractivity contribution in [3.05, 3.63) is 180 Å². The minimum Gasteiger partial charge on any atom is -0.507 e. The summed E-state index contributed by atoms with van der Waals surface area (Å²) in [4.78, 5) is 109. The van der Waals surface area contributed by atoms with Crippen LogP contribution in [0.3, 0.4) is 0 Å². The lowest BCUT2D eigenvalue weighted by Crippen LogP contribution is -2.25. The van der Waals surface area contributed by atoms with Crippen molar-refractivity contribution in [2.75, 3.05) is 66.8 Å². The summed E-state index contributed by atoms with van der Waals surface area (Å²) < 4.78 is 14.5. The van der Waals surface area contributed by atoms with Gasteiger partial charge in [0.2, 0.25) is 17.2 Å². The monoisotopic (exact) mass is 1290 g/mol. The van der Waals surface area contributed by atoms with Crippen molar-refractivity contribution in [1.82, 2.24) is 25.4 Å². The van der Waals surface area contributed by atoms with Gasteiger partial charge in [-0.3, -0.25) is 29.3 Å². The number of carbonyl (C=O) groups excluding carboxylic acids is 4. The number of hydrogen-bond acceptors (Lipinski definition) is 15. The second kappa shape index (κ2) is 30.3. The maximum Gasteiger partial charge on any atom is 0.337 e. The number of rotatable bonds is 17. The van der Waals surface area contributed by atoms with Crippen LogP contribution in [0.1, 0.15) is 89.1 Å². The van der Waals surface area contributed by atoms with Crippen molar-refractivity contribution in [3.63, 3.8) is 0 Å². The van der Waals surface area contributed by atoms with Gasteiger partial charge in [0.05, 0.1) is 63.0 Å². The van der Waals surface area contributed by atoms with Gasteiger partial charge in [-0.1, -0.05) is 41.4 Å². The van der Waals surface area contributed by atoms with Gasteiger partial charge in [-0.15, -0.1) is 0 Å². The Bertz CT molecular complexity index is 4500. The molecule has 5 aromatic carbocycles. The van der Waals surface area contributed by atoms with Crippen LogP contribution >= 0.6 is 23.2 Å². The molecule has 0 bridgehead atoms. The highest BCUT2D eigenvalue weighted by Gasteiger charge is 2.31. The van der Waals surface area contributed by atoms with E-state index < -0.39 is 35.2 Å². The van der Waals surface area contributed by atoms with Crippen molar-refractivity contribution < 1.29 is 68.3 Å². The summed E-state index contributed by atoms with van der Waals surface area (Å²) in [7, 11) is 11.7. The average molecular weight is 1290 g/mol. The Labute approximate surface area is 536 Å². The third kappa shape index (κ3) is 15.9. The summed E-state index contributed by atoms with van der Waals surface area (Å²) >= 11 is 13.9. The van der Waals surface area contributed by atoms with Crippen molar-refractivity contribution >= 4 is 98.4 Å². The minimum absolute atomic E-state index is 0. The van der Waals surface area contributed by atoms with E-state index >= 15 is 0 Å². The Kier molecular flexibility index (Phi) is 22.7. The minimum atomic E-state index is -1.41. The van der Waals surface area contributed by atoms with Gasteiger partial charge in [-0.05, 0) is 118 Å². The maximum atomic E-state index is 13.8. The number of anilines is 1. The zero-order chi connectivity index (χ0) is 66.0. The van der Waals surface area contributed by atoms with Crippen LogP contribution < -0.4 is 36.2 Å². The molecule has 0 saturated carbocycles. The number of phenolic OH excluding ortho intramolecular Hbond substituents is 1. The van der Waals surface area contributed by atoms with E-state index in [1.807, 2.05) is 81.0 Å². The lowest BCUT2D eigenvalue weighted by Gasteiger charge is -2.21. The highest BCUT2D eigenvalue weighted by molar-refractivity contribution is 6.41. The number of benzene rings is 7. The molecule has 0 atom stereocenters. The second-order valence-corrected chi connectivity index (χ2v) is 22.3. The molecule has 5 aromatic rings. The fraction of sp³-hybridized carbons (Fsp3) is 0.224. The highest BCUT2D eigenvalue weighted by atomic mass is 35.5. The summed E-state index contributed by atoms with van der Waals surface area (Å²) in [5.74, 6) is -5.51. The predicted octanol–water partition coefficient (Wildman–Crippen LogP) is 8.88. The third-order valence-electron chi connectivity index (χ3n) is 14.5. The van der Waals surface area contributed by atoms with E-state index in [-0.39, 0.29) is 108 Å². The van der Waals surface area contributed by atoms with Crippen LogP contribution in [0.5, 0.6) is 5.75 Å². The Morgan fingerprint density at radius 1 is 0.663 bits per heavy atom. The quantitative estimate of drug-likeness (QED) is 0.0147. The number of fused-ring (bicyclic) bond motifs is 4. The van der Waals surface area contributed by atoms with Gasteiger partial charge >= 0.3 is 17.9 Å². The average Bonchev–Trinajstić information content (AvgIpc) is 0.767. The third-order valence-corrected chi connectivity index (χ3v) is 15.2. The number of halogens is 2. The smallest absolute Gasteiger partial charge is 0.337 e. The predicted molar refractivity (Wildman–Crippen MR) is 350 cm³/mol. The van der Waals surface area contributed by atoms with Gasteiger partial charge in [0.25, 0.3) is 11.8 Å². The fourth-order valence-corrected chi connectivity index (χ4v) is 10.5. The molecule has 3 aliphatic heterocycles. The number of phenols is 1. The zero-order valence-electron chi connectivity index (χ0n) is 51.0. The molecule has 1 saturated heterocycles. The van der Waals surface area contributed by atoms with E-state index in [0.29, 0.717) is 57.2 Å². The number of carboxylic acid groups (broad SMARTS) is 3. The Hall–Kier alpha value is -10.6. The normalized spacial score (nSPS) is 11.6. The molecule has 5 aliphatic rings. The first kappa shape index (κ1) is 68.9. The number of imide groups is 1. The zero-order valence-corrected chi connectivity index (χ0v) is 52.5. The van der Waals surface area contributed by atoms with Gasteiger partial charge in [0, 0.05) is 108 Å². The molecular weight excluding hydrogens is 1230 g/mol. The van der Waals surface area contributed by atoms with E-state index in [1.54, 1.807) is 12.1 Å². The van der Waals surface area contributed by atoms with Crippen LogP contribution in [-0.2, 0) is 22.7 Å². The lowest BCUT2D eigenvalue weighted by molar-refractivity contribution is -0.124. The van der Waals surface area contributed by atoms with Gasteiger partial charge in [0.1, 0.15) is 42.5 Å². The number of carboxylic acids is 3. The number of carbonyl (C=O) groups is 7. The Morgan fingerprint density at radius 3 is 1.92 bits per heavy atom. The van der Waals surface area contributed by atoms with Crippen molar-refractivity contribution in [3.8, 4) is 50.7 Å². The van der Waals surface area contributed by atoms with Gasteiger partial charge < -0.3 is 55.2 Å². The first-order valence-electron chi connectivity index (χ1n) is 28.3. The molecule has 1 fully saturated rings. The molecule has 9 N–H and O–H groups in total. The molecular formula is C67H65Cl2N8O15+. The van der Waals surface area contributed by atoms with Crippen LogP contribution in [0.2, 0.25) is 10.0 Å². The van der Waals surface area contributed by atoms with E-state index in [1.165, 1.54) is 60.7 Å². The van der Waals surface area contributed by atoms with Gasteiger partial charge in [-0.25, -0.2) is 28.9 Å². The largest absolute Gasteiger partial charge is 0.507 e. The summed E-state index contributed by atoms with van der Waals surface area (Å²) in [6, 6.07) is 31.6. The molecule has 25 heteroatoms. The van der Waals surface area contributed by atoms with Crippen molar-refractivity contribution in [2.24, 2.45) is 9.98 Å². The number of amides is 4. The van der Waals surface area contributed by atoms with Gasteiger partial charge in [0.15, 0.2) is 5.43 Å². The Morgan fingerprint density at radius 2 is 1.30 bits per heavy atom. The van der Waals surface area contributed by atoms with Crippen LogP contribution in [0.15, 0.2) is 139 Å². The first-order valence-corrected chi connectivity index (χ1v) is 29.1. The van der Waals surface area contributed by atoms with E-state index in [4.69, 9.17) is 32.0 Å². The van der Waals surface area contributed by atoms with Gasteiger partial charge in [-0.2, -0.15) is 0 Å².